The van der Waals surface area contributed by atoms with Crippen molar-refractivity contribution in [2.75, 3.05) is 12.8 Å². The molecule has 0 aliphatic heterocycles. The molecule has 88 valence electrons. The van der Waals surface area contributed by atoms with Gasteiger partial charge >= 0.3 is 0 Å². The number of aromatic nitrogens is 2. The van der Waals surface area contributed by atoms with Gasteiger partial charge in [-0.05, 0) is 34.4 Å². The topological polar surface area (TPSA) is 61.0 Å². The van der Waals surface area contributed by atoms with E-state index in [2.05, 4.69) is 46.4 Å². The predicted molar refractivity (Wildman–Crippen MR) is 71.0 cm³/mol. The maximum Gasteiger partial charge on any atom is 0.141 e. The number of nitrogens with zero attached hydrogens (tertiary/aromatic N) is 2. The van der Waals surface area contributed by atoms with Crippen LogP contribution >= 0.6 is 22.6 Å². The molecule has 1 unspecified atom stereocenters. The number of ether oxygens (including phenoxy) is 1. The van der Waals surface area contributed by atoms with Gasteiger partial charge in [0.05, 0.1) is 15.9 Å². The van der Waals surface area contributed by atoms with Gasteiger partial charge in [0.25, 0.3) is 0 Å². The summed E-state index contributed by atoms with van der Waals surface area (Å²) in [7, 11) is 1.66. The minimum absolute atomic E-state index is 0.323. The average Bonchev–Trinajstić information content (AvgIpc) is 2.83. The lowest BCUT2D eigenvalue weighted by Crippen LogP contribution is -2.08. The van der Waals surface area contributed by atoms with Crippen molar-refractivity contribution in [2.45, 2.75) is 32.8 Å². The summed E-state index contributed by atoms with van der Waals surface area (Å²) in [5, 5.41) is 0. The molecular weight excluding hydrogens is 317 g/mol. The third-order valence-electron chi connectivity index (χ3n) is 3.07. The van der Waals surface area contributed by atoms with Crippen LogP contribution in [-0.2, 0) is 11.3 Å². The van der Waals surface area contributed by atoms with Gasteiger partial charge < -0.3 is 10.5 Å². The van der Waals surface area contributed by atoms with Crippen molar-refractivity contribution >= 4 is 28.4 Å². The molecule has 0 aromatic carbocycles. The zero-order valence-corrected chi connectivity index (χ0v) is 11.9. The van der Waals surface area contributed by atoms with Crippen molar-refractivity contribution in [1.82, 2.24) is 9.97 Å². The summed E-state index contributed by atoms with van der Waals surface area (Å²) < 4.78 is 6.02. The van der Waals surface area contributed by atoms with E-state index in [1.54, 1.807) is 7.11 Å². The van der Waals surface area contributed by atoms with Crippen molar-refractivity contribution in [3.8, 4) is 0 Å². The van der Waals surface area contributed by atoms with Gasteiger partial charge in [-0.1, -0.05) is 13.8 Å². The number of methoxy groups -OCH3 is 1. The largest absolute Gasteiger partial charge is 0.383 e. The first kappa shape index (κ1) is 12.0. The van der Waals surface area contributed by atoms with Crippen molar-refractivity contribution in [3.05, 3.63) is 15.1 Å². The molecule has 0 spiro atoms. The Morgan fingerprint density at radius 3 is 2.62 bits per heavy atom. The van der Waals surface area contributed by atoms with E-state index in [9.17, 15) is 0 Å². The van der Waals surface area contributed by atoms with Gasteiger partial charge in [-0.2, -0.15) is 0 Å². The maximum absolute atomic E-state index is 5.89. The van der Waals surface area contributed by atoms with Gasteiger partial charge in [0.1, 0.15) is 11.6 Å². The molecule has 1 aromatic heterocycles. The number of hydrogen-bond acceptors (Lipinski definition) is 4. The van der Waals surface area contributed by atoms with Crippen LogP contribution in [0.25, 0.3) is 0 Å². The molecule has 0 saturated heterocycles. The minimum atomic E-state index is 0.323. The summed E-state index contributed by atoms with van der Waals surface area (Å²) in [4.78, 5) is 8.93. The van der Waals surface area contributed by atoms with E-state index in [1.165, 1.54) is 0 Å². The molecule has 4 nitrogen and oxygen atoms in total. The zero-order chi connectivity index (χ0) is 11.9. The van der Waals surface area contributed by atoms with E-state index in [0.717, 1.165) is 21.5 Å². The predicted octanol–water partition coefficient (Wildman–Crippen LogP) is 2.32. The number of nitrogens with two attached hydrogens (primary N) is 1. The van der Waals surface area contributed by atoms with Gasteiger partial charge in [-0.3, -0.25) is 0 Å². The molecule has 1 aromatic rings. The second kappa shape index (κ2) is 4.10. The second-order valence-electron chi connectivity index (χ2n) is 4.91. The fraction of sp³-hybridized carbons (Fsp3) is 0.636. The molecular formula is C11H16IN3O. The fourth-order valence-corrected chi connectivity index (χ4v) is 2.23. The molecule has 1 atom stereocenters. The van der Waals surface area contributed by atoms with Gasteiger partial charge in [-0.25, -0.2) is 9.97 Å². The highest BCUT2D eigenvalue weighted by Gasteiger charge is 2.48. The summed E-state index contributed by atoms with van der Waals surface area (Å²) in [6, 6.07) is 0. The lowest BCUT2D eigenvalue weighted by atomic mass is 10.1. The molecule has 1 saturated carbocycles. The first-order valence-corrected chi connectivity index (χ1v) is 6.34. The minimum Gasteiger partial charge on any atom is -0.383 e. The highest BCUT2D eigenvalue weighted by atomic mass is 127. The zero-order valence-electron chi connectivity index (χ0n) is 9.75. The van der Waals surface area contributed by atoms with Crippen molar-refractivity contribution < 1.29 is 4.74 Å². The Morgan fingerprint density at radius 1 is 1.50 bits per heavy atom. The molecule has 2 rings (SSSR count). The Kier molecular flexibility index (Phi) is 3.09. The summed E-state index contributed by atoms with van der Waals surface area (Å²) in [5.41, 5.74) is 7.11. The Bertz CT molecular complexity index is 420. The van der Waals surface area contributed by atoms with Crippen LogP contribution in [0.5, 0.6) is 0 Å². The number of anilines is 1. The molecule has 0 amide bonds. The molecule has 1 aliphatic rings. The first-order chi connectivity index (χ1) is 7.45. The van der Waals surface area contributed by atoms with Gasteiger partial charge in [-0.15, -0.1) is 0 Å². The summed E-state index contributed by atoms with van der Waals surface area (Å²) in [6.07, 6.45) is 1.14. The van der Waals surface area contributed by atoms with E-state index in [0.29, 0.717) is 23.8 Å². The van der Waals surface area contributed by atoms with Crippen LogP contribution in [0.2, 0.25) is 0 Å². The Labute approximate surface area is 109 Å². The number of nitrogen functional groups attached to an aromatic ring is 1. The third kappa shape index (κ3) is 2.15. The summed E-state index contributed by atoms with van der Waals surface area (Å²) >= 11 is 2.17. The standard InChI is InChI=1S/C11H16IN3O/c1-11(2)4-6(11)10-14-7(5-16-3)8(12)9(13)15-10/h6H,4-5H2,1-3H3,(H2,13,14,15). The van der Waals surface area contributed by atoms with Crippen molar-refractivity contribution in [3.63, 3.8) is 0 Å². The van der Waals surface area contributed by atoms with E-state index in [4.69, 9.17) is 10.5 Å². The maximum atomic E-state index is 5.89. The lowest BCUT2D eigenvalue weighted by molar-refractivity contribution is 0.180. The SMILES string of the molecule is COCc1nc(C2CC2(C)C)nc(N)c1I. The normalized spacial score (nSPS) is 22.1. The van der Waals surface area contributed by atoms with Gasteiger partial charge in [0.2, 0.25) is 0 Å². The highest BCUT2D eigenvalue weighted by Crippen LogP contribution is 2.57. The van der Waals surface area contributed by atoms with Crippen LogP contribution < -0.4 is 5.73 Å². The molecule has 1 aliphatic carbocycles. The summed E-state index contributed by atoms with van der Waals surface area (Å²) in [6.45, 7) is 4.95. The van der Waals surface area contributed by atoms with Crippen LogP contribution in [0.15, 0.2) is 0 Å². The molecule has 0 radical (unpaired) electrons. The molecule has 2 N–H and O–H groups in total. The summed E-state index contributed by atoms with van der Waals surface area (Å²) in [5.74, 6) is 1.89. The molecule has 5 heteroatoms. The smallest absolute Gasteiger partial charge is 0.141 e. The average molecular weight is 333 g/mol. The fourth-order valence-electron chi connectivity index (χ4n) is 1.83. The molecule has 16 heavy (non-hydrogen) atoms. The second-order valence-corrected chi connectivity index (χ2v) is 5.98. The van der Waals surface area contributed by atoms with Crippen LogP contribution in [0.3, 0.4) is 0 Å². The first-order valence-electron chi connectivity index (χ1n) is 5.26. The van der Waals surface area contributed by atoms with Crippen molar-refractivity contribution in [2.24, 2.45) is 5.41 Å². The lowest BCUT2D eigenvalue weighted by Gasteiger charge is -2.09. The van der Waals surface area contributed by atoms with Gasteiger partial charge in [0, 0.05) is 13.0 Å². The molecule has 0 bridgehead atoms. The van der Waals surface area contributed by atoms with Gasteiger partial charge in [0.15, 0.2) is 0 Å². The number of rotatable bonds is 3. The monoisotopic (exact) mass is 333 g/mol. The number of halogens is 1. The Balaban J connectivity index is 2.34. The van der Waals surface area contributed by atoms with Crippen LogP contribution in [0, 0.1) is 8.99 Å². The van der Waals surface area contributed by atoms with E-state index in [1.807, 2.05) is 0 Å². The van der Waals surface area contributed by atoms with E-state index in [-0.39, 0.29) is 0 Å². The third-order valence-corrected chi connectivity index (χ3v) is 4.24. The highest BCUT2D eigenvalue weighted by molar-refractivity contribution is 14.1. The number of hydrogen-bond donors (Lipinski definition) is 1. The Morgan fingerprint density at radius 2 is 2.12 bits per heavy atom. The van der Waals surface area contributed by atoms with Crippen LogP contribution in [-0.4, -0.2) is 17.1 Å². The van der Waals surface area contributed by atoms with E-state index >= 15 is 0 Å². The van der Waals surface area contributed by atoms with E-state index < -0.39 is 0 Å². The Hall–Kier alpha value is -0.430. The molecule has 1 fully saturated rings. The molecule has 1 heterocycles. The van der Waals surface area contributed by atoms with Crippen molar-refractivity contribution in [1.29, 1.82) is 0 Å². The van der Waals surface area contributed by atoms with Crippen LogP contribution in [0.1, 0.15) is 37.7 Å². The van der Waals surface area contributed by atoms with Crippen LogP contribution in [0.4, 0.5) is 5.82 Å². The quantitative estimate of drug-likeness (QED) is 0.863.